The van der Waals surface area contributed by atoms with E-state index >= 15 is 0 Å². The number of pyridine rings is 1. The minimum atomic E-state index is 0.586. The molecule has 3 heterocycles. The van der Waals surface area contributed by atoms with Gasteiger partial charge in [0.15, 0.2) is 0 Å². The monoisotopic (exact) mass is 263 g/mol. The topological polar surface area (TPSA) is 43.3 Å². The summed E-state index contributed by atoms with van der Waals surface area (Å²) in [4.78, 5) is 4.10. The Kier molecular flexibility index (Phi) is 1.85. The van der Waals surface area contributed by atoms with Gasteiger partial charge in [-0.3, -0.25) is 0 Å². The maximum atomic E-state index is 5.25. The molecule has 3 aromatic heterocycles. The van der Waals surface area contributed by atoms with Gasteiger partial charge in [-0.15, -0.1) is 0 Å². The van der Waals surface area contributed by atoms with Crippen molar-refractivity contribution >= 4 is 21.4 Å². The number of hydrogen-bond acceptors (Lipinski definition) is 3. The fourth-order valence-electron chi connectivity index (χ4n) is 1.50. The summed E-state index contributed by atoms with van der Waals surface area (Å²) in [7, 11) is 0. The van der Waals surface area contributed by atoms with E-state index in [9.17, 15) is 0 Å². The maximum absolute atomic E-state index is 5.25. The largest absolute Gasteiger partial charge is 0.444 e. The molecule has 0 aliphatic rings. The molecular formula is C10H6BrN3O. The lowest BCUT2D eigenvalue weighted by atomic mass is 10.2. The number of oxazole rings is 1. The molecular weight excluding hydrogens is 258 g/mol. The maximum Gasteiger partial charge on any atom is 0.229 e. The van der Waals surface area contributed by atoms with Crippen molar-refractivity contribution in [2.45, 2.75) is 0 Å². The molecule has 74 valence electrons. The Morgan fingerprint density at radius 1 is 1.33 bits per heavy atom. The van der Waals surface area contributed by atoms with Gasteiger partial charge >= 0.3 is 0 Å². The molecule has 0 aliphatic carbocycles. The summed E-state index contributed by atoms with van der Waals surface area (Å²) in [5.74, 6) is 0.586. The van der Waals surface area contributed by atoms with Crippen LogP contribution in [0.3, 0.4) is 0 Å². The van der Waals surface area contributed by atoms with E-state index in [2.05, 4.69) is 26.0 Å². The number of nitrogens with zero attached hydrogens (tertiary/aromatic N) is 3. The van der Waals surface area contributed by atoms with Crippen molar-refractivity contribution < 1.29 is 4.42 Å². The number of aromatic nitrogens is 3. The smallest absolute Gasteiger partial charge is 0.229 e. The van der Waals surface area contributed by atoms with Gasteiger partial charge in [0.1, 0.15) is 10.9 Å². The van der Waals surface area contributed by atoms with Crippen LogP contribution >= 0.6 is 15.9 Å². The molecule has 0 N–H and O–H groups in total. The average Bonchev–Trinajstić information content (AvgIpc) is 2.85. The summed E-state index contributed by atoms with van der Waals surface area (Å²) in [5, 5.41) is 4.24. The zero-order valence-electron chi connectivity index (χ0n) is 7.59. The first-order chi connectivity index (χ1) is 7.36. The number of hydrogen-bond donors (Lipinski definition) is 0. The highest BCUT2D eigenvalue weighted by atomic mass is 79.9. The normalized spacial score (nSPS) is 11.0. The quantitative estimate of drug-likeness (QED) is 0.635. The van der Waals surface area contributed by atoms with Crippen LogP contribution in [0.1, 0.15) is 0 Å². The van der Waals surface area contributed by atoms with Crippen LogP contribution < -0.4 is 0 Å². The summed E-state index contributed by atoms with van der Waals surface area (Å²) < 4.78 is 7.94. The van der Waals surface area contributed by atoms with E-state index in [4.69, 9.17) is 4.42 Å². The molecule has 0 saturated carbocycles. The molecule has 15 heavy (non-hydrogen) atoms. The number of rotatable bonds is 1. The van der Waals surface area contributed by atoms with Gasteiger partial charge in [0.25, 0.3) is 0 Å². The SMILES string of the molecule is Brc1cccc2c(-c3ncco3)cnn12. The third kappa shape index (κ3) is 1.27. The lowest BCUT2D eigenvalue weighted by molar-refractivity contribution is 0.575. The minimum Gasteiger partial charge on any atom is -0.444 e. The van der Waals surface area contributed by atoms with E-state index in [1.54, 1.807) is 23.2 Å². The molecule has 4 nitrogen and oxygen atoms in total. The van der Waals surface area contributed by atoms with Gasteiger partial charge in [-0.2, -0.15) is 5.10 Å². The van der Waals surface area contributed by atoms with Crippen LogP contribution in [0.5, 0.6) is 0 Å². The Labute approximate surface area is 93.7 Å². The summed E-state index contributed by atoms with van der Waals surface area (Å²) >= 11 is 3.42. The lowest BCUT2D eigenvalue weighted by Gasteiger charge is -1.96. The van der Waals surface area contributed by atoms with E-state index in [0.717, 1.165) is 15.7 Å². The van der Waals surface area contributed by atoms with Crippen molar-refractivity contribution in [3.63, 3.8) is 0 Å². The first kappa shape index (κ1) is 8.67. The van der Waals surface area contributed by atoms with Crippen LogP contribution in [0.4, 0.5) is 0 Å². The Hall–Kier alpha value is -1.62. The van der Waals surface area contributed by atoms with Gasteiger partial charge in [0, 0.05) is 0 Å². The molecule has 0 bridgehead atoms. The Balaban J connectivity index is 2.34. The van der Waals surface area contributed by atoms with E-state index in [1.165, 1.54) is 0 Å². The van der Waals surface area contributed by atoms with Gasteiger partial charge in [0.05, 0.1) is 23.5 Å². The lowest BCUT2D eigenvalue weighted by Crippen LogP contribution is -1.87. The predicted octanol–water partition coefficient (Wildman–Crippen LogP) is 2.75. The van der Waals surface area contributed by atoms with Crippen molar-refractivity contribution in [3.8, 4) is 11.5 Å². The predicted molar refractivity (Wildman–Crippen MR) is 58.4 cm³/mol. The number of halogens is 1. The van der Waals surface area contributed by atoms with Crippen LogP contribution in [0.25, 0.3) is 17.0 Å². The fourth-order valence-corrected chi connectivity index (χ4v) is 1.93. The van der Waals surface area contributed by atoms with Gasteiger partial charge < -0.3 is 4.42 Å². The molecule has 0 radical (unpaired) electrons. The number of fused-ring (bicyclic) bond motifs is 1. The summed E-state index contributed by atoms with van der Waals surface area (Å²) in [6.45, 7) is 0. The molecule has 0 amide bonds. The first-order valence-corrected chi connectivity index (χ1v) is 5.18. The highest BCUT2D eigenvalue weighted by Gasteiger charge is 2.10. The van der Waals surface area contributed by atoms with Gasteiger partial charge in [0.2, 0.25) is 5.89 Å². The molecule has 0 aromatic carbocycles. The fraction of sp³-hybridized carbons (Fsp3) is 0. The van der Waals surface area contributed by atoms with E-state index in [0.29, 0.717) is 5.89 Å². The van der Waals surface area contributed by atoms with Crippen molar-refractivity contribution in [2.24, 2.45) is 0 Å². The van der Waals surface area contributed by atoms with Gasteiger partial charge in [-0.25, -0.2) is 9.50 Å². The molecule has 0 unspecified atom stereocenters. The van der Waals surface area contributed by atoms with Crippen LogP contribution in [0, 0.1) is 0 Å². The van der Waals surface area contributed by atoms with Crippen molar-refractivity contribution in [3.05, 3.63) is 41.5 Å². The molecule has 5 heteroatoms. The second-order valence-corrected chi connectivity index (χ2v) is 3.85. The van der Waals surface area contributed by atoms with Crippen molar-refractivity contribution in [1.82, 2.24) is 14.6 Å². The molecule has 0 spiro atoms. The van der Waals surface area contributed by atoms with Crippen LogP contribution in [-0.2, 0) is 0 Å². The third-order valence-corrected chi connectivity index (χ3v) is 2.76. The highest BCUT2D eigenvalue weighted by Crippen LogP contribution is 2.24. The molecule has 3 aromatic rings. The second-order valence-electron chi connectivity index (χ2n) is 3.04. The van der Waals surface area contributed by atoms with E-state index in [-0.39, 0.29) is 0 Å². The van der Waals surface area contributed by atoms with Crippen molar-refractivity contribution in [2.75, 3.05) is 0 Å². The van der Waals surface area contributed by atoms with E-state index < -0.39 is 0 Å². The zero-order valence-corrected chi connectivity index (χ0v) is 9.18. The second kappa shape index (κ2) is 3.20. The Morgan fingerprint density at radius 3 is 3.07 bits per heavy atom. The Morgan fingerprint density at radius 2 is 2.27 bits per heavy atom. The standard InChI is InChI=1S/C10H6BrN3O/c11-9-3-1-2-8-7(6-13-14(8)9)10-12-4-5-15-10/h1-6H. The van der Waals surface area contributed by atoms with Gasteiger partial charge in [-0.1, -0.05) is 6.07 Å². The van der Waals surface area contributed by atoms with Crippen LogP contribution in [0.15, 0.2) is 45.9 Å². The van der Waals surface area contributed by atoms with E-state index in [1.807, 2.05) is 18.2 Å². The third-order valence-electron chi connectivity index (χ3n) is 2.16. The minimum absolute atomic E-state index is 0.586. The molecule has 3 rings (SSSR count). The summed E-state index contributed by atoms with van der Waals surface area (Å²) in [6.07, 6.45) is 4.92. The molecule has 0 saturated heterocycles. The summed E-state index contributed by atoms with van der Waals surface area (Å²) in [6, 6.07) is 5.85. The molecule has 0 atom stereocenters. The molecule has 0 fully saturated rings. The zero-order chi connectivity index (χ0) is 10.3. The Bertz CT molecular complexity index is 600. The average molecular weight is 264 g/mol. The van der Waals surface area contributed by atoms with Crippen LogP contribution in [-0.4, -0.2) is 14.6 Å². The summed E-state index contributed by atoms with van der Waals surface area (Å²) in [5.41, 5.74) is 1.85. The first-order valence-electron chi connectivity index (χ1n) is 4.38. The van der Waals surface area contributed by atoms with Gasteiger partial charge in [-0.05, 0) is 28.1 Å². The molecule has 0 aliphatic heterocycles. The van der Waals surface area contributed by atoms with Crippen molar-refractivity contribution in [1.29, 1.82) is 0 Å². The highest BCUT2D eigenvalue weighted by molar-refractivity contribution is 9.10. The van der Waals surface area contributed by atoms with Crippen LogP contribution in [0.2, 0.25) is 0 Å².